The van der Waals surface area contributed by atoms with E-state index >= 15 is 0 Å². The van der Waals surface area contributed by atoms with E-state index in [-0.39, 0.29) is 30.7 Å². The summed E-state index contributed by atoms with van der Waals surface area (Å²) in [5.41, 5.74) is 10.7. The molecule has 7 heteroatoms. The Morgan fingerprint density at radius 2 is 1.90 bits per heavy atom. The Bertz CT molecular complexity index is 973. The van der Waals surface area contributed by atoms with Crippen LogP contribution in [0.2, 0.25) is 0 Å². The normalized spacial score (nSPS) is 12.5. The molecule has 2 heterocycles. The second-order valence-electron chi connectivity index (χ2n) is 6.88. The Morgan fingerprint density at radius 3 is 2.66 bits per heavy atom. The van der Waals surface area contributed by atoms with Crippen molar-refractivity contribution in [2.24, 2.45) is 0 Å². The van der Waals surface area contributed by atoms with Gasteiger partial charge >= 0.3 is 0 Å². The van der Waals surface area contributed by atoms with Crippen LogP contribution in [0, 0.1) is 6.92 Å². The van der Waals surface area contributed by atoms with Gasteiger partial charge in [0.2, 0.25) is 5.91 Å². The summed E-state index contributed by atoms with van der Waals surface area (Å²) < 4.78 is 5.92. The van der Waals surface area contributed by atoms with Crippen molar-refractivity contribution in [2.45, 2.75) is 32.6 Å². The number of aromatic nitrogens is 1. The van der Waals surface area contributed by atoms with E-state index in [9.17, 15) is 4.79 Å². The molecule has 0 fully saturated rings. The van der Waals surface area contributed by atoms with E-state index in [1.807, 2.05) is 60.4 Å². The van der Waals surface area contributed by atoms with Gasteiger partial charge in [-0.3, -0.25) is 4.79 Å². The first-order valence-corrected chi connectivity index (χ1v) is 9.33. The summed E-state index contributed by atoms with van der Waals surface area (Å²) in [6, 6.07) is 15.7. The van der Waals surface area contributed by atoms with Crippen molar-refractivity contribution in [2.75, 3.05) is 17.2 Å². The lowest BCUT2D eigenvalue weighted by atomic mass is 9.99. The minimum atomic E-state index is 0. The molecule has 29 heavy (non-hydrogen) atoms. The molecule has 0 saturated carbocycles. The highest BCUT2D eigenvalue weighted by atomic mass is 35.5. The lowest BCUT2D eigenvalue weighted by molar-refractivity contribution is -0.118. The van der Waals surface area contributed by atoms with Gasteiger partial charge in [0.1, 0.15) is 0 Å². The topological polar surface area (TPSA) is 72.4 Å². The number of carbonyl (C=O) groups is 1. The first-order chi connectivity index (χ1) is 13.1. The van der Waals surface area contributed by atoms with Gasteiger partial charge in [0.25, 0.3) is 0 Å². The predicted octanol–water partition coefficient (Wildman–Crippen LogP) is 4.99. The average molecular weight is 434 g/mol. The van der Waals surface area contributed by atoms with E-state index < -0.39 is 0 Å². The number of fused-ring (bicyclic) bond motifs is 1. The summed E-state index contributed by atoms with van der Waals surface area (Å²) >= 11 is 0. The zero-order valence-electron chi connectivity index (χ0n) is 16.3. The van der Waals surface area contributed by atoms with Crippen LogP contribution < -0.4 is 10.6 Å². The summed E-state index contributed by atoms with van der Waals surface area (Å²) in [6.45, 7) is 2.66. The molecule has 0 saturated heterocycles. The van der Waals surface area contributed by atoms with E-state index in [0.717, 1.165) is 53.3 Å². The number of aryl methyl sites for hydroxylation is 2. The van der Waals surface area contributed by atoms with Gasteiger partial charge in [-0.15, -0.1) is 24.8 Å². The van der Waals surface area contributed by atoms with Gasteiger partial charge < -0.3 is 15.1 Å². The maximum Gasteiger partial charge on any atom is 0.227 e. The maximum atomic E-state index is 12.8. The fourth-order valence-corrected chi connectivity index (χ4v) is 3.68. The van der Waals surface area contributed by atoms with Crippen LogP contribution in [0.15, 0.2) is 52.9 Å². The van der Waals surface area contributed by atoms with Crippen molar-refractivity contribution >= 4 is 42.1 Å². The number of amides is 1. The molecule has 0 atom stereocenters. The van der Waals surface area contributed by atoms with Crippen molar-refractivity contribution in [3.05, 3.63) is 65.7 Å². The SMILES string of the molecule is Cc1nc(CCC(=O)N2CCCc3c(N)cccc32)oc1-c1ccccc1.Cl.Cl. The summed E-state index contributed by atoms with van der Waals surface area (Å²) in [5, 5.41) is 0. The molecule has 1 amide bonds. The molecule has 1 aliphatic heterocycles. The third-order valence-electron chi connectivity index (χ3n) is 5.02. The van der Waals surface area contributed by atoms with Crippen molar-refractivity contribution < 1.29 is 9.21 Å². The van der Waals surface area contributed by atoms with Gasteiger partial charge in [-0.25, -0.2) is 4.98 Å². The molecule has 2 N–H and O–H groups in total. The van der Waals surface area contributed by atoms with Gasteiger partial charge in [-0.1, -0.05) is 36.4 Å². The number of nitrogens with zero attached hydrogens (tertiary/aromatic N) is 2. The number of benzene rings is 2. The van der Waals surface area contributed by atoms with Crippen LogP contribution in [-0.2, 0) is 17.6 Å². The first-order valence-electron chi connectivity index (χ1n) is 9.33. The minimum absolute atomic E-state index is 0. The molecular formula is C22H25Cl2N3O2. The summed E-state index contributed by atoms with van der Waals surface area (Å²) in [5.74, 6) is 1.46. The zero-order chi connectivity index (χ0) is 18.8. The number of nitrogens with two attached hydrogens (primary N) is 1. The van der Waals surface area contributed by atoms with Crippen molar-refractivity contribution in [1.29, 1.82) is 0 Å². The van der Waals surface area contributed by atoms with Crippen molar-refractivity contribution in [3.63, 3.8) is 0 Å². The number of hydrogen-bond acceptors (Lipinski definition) is 4. The minimum Gasteiger partial charge on any atom is -0.440 e. The molecule has 5 nitrogen and oxygen atoms in total. The molecular weight excluding hydrogens is 409 g/mol. The number of anilines is 2. The molecule has 0 radical (unpaired) electrons. The predicted molar refractivity (Wildman–Crippen MR) is 121 cm³/mol. The second-order valence-corrected chi connectivity index (χ2v) is 6.88. The summed E-state index contributed by atoms with van der Waals surface area (Å²) in [7, 11) is 0. The van der Waals surface area contributed by atoms with Crippen LogP contribution >= 0.6 is 24.8 Å². The molecule has 0 bridgehead atoms. The fourth-order valence-electron chi connectivity index (χ4n) is 3.68. The van der Waals surface area contributed by atoms with E-state index in [1.54, 1.807) is 0 Å². The molecule has 0 unspecified atom stereocenters. The quantitative estimate of drug-likeness (QED) is 0.588. The van der Waals surface area contributed by atoms with Crippen LogP contribution in [0.1, 0.15) is 30.0 Å². The Hall–Kier alpha value is -2.50. The molecule has 1 aliphatic rings. The number of hydrogen-bond donors (Lipinski definition) is 1. The molecule has 0 aliphatic carbocycles. The number of oxazole rings is 1. The Labute approximate surface area is 183 Å². The van der Waals surface area contributed by atoms with E-state index in [0.29, 0.717) is 18.7 Å². The number of rotatable bonds is 4. The number of halogens is 2. The molecule has 3 aromatic rings. The summed E-state index contributed by atoms with van der Waals surface area (Å²) in [6.07, 6.45) is 2.71. The van der Waals surface area contributed by atoms with Crippen LogP contribution in [0.4, 0.5) is 11.4 Å². The lowest BCUT2D eigenvalue weighted by Gasteiger charge is -2.30. The third-order valence-corrected chi connectivity index (χ3v) is 5.02. The monoisotopic (exact) mass is 433 g/mol. The smallest absolute Gasteiger partial charge is 0.227 e. The van der Waals surface area contributed by atoms with Crippen LogP contribution in [-0.4, -0.2) is 17.4 Å². The number of carbonyl (C=O) groups excluding carboxylic acids is 1. The van der Waals surface area contributed by atoms with Crippen LogP contribution in [0.5, 0.6) is 0 Å². The Morgan fingerprint density at radius 1 is 1.14 bits per heavy atom. The van der Waals surface area contributed by atoms with E-state index in [2.05, 4.69) is 4.98 Å². The van der Waals surface area contributed by atoms with Crippen LogP contribution in [0.3, 0.4) is 0 Å². The first kappa shape index (κ1) is 22.8. The third kappa shape index (κ3) is 4.74. The fraction of sp³-hybridized carbons (Fsp3) is 0.273. The van der Waals surface area contributed by atoms with Gasteiger partial charge in [-0.05, 0) is 37.5 Å². The number of nitrogen functional groups attached to an aromatic ring is 1. The van der Waals surface area contributed by atoms with E-state index in [1.165, 1.54) is 0 Å². The van der Waals surface area contributed by atoms with Crippen molar-refractivity contribution in [1.82, 2.24) is 4.98 Å². The van der Waals surface area contributed by atoms with Gasteiger partial charge in [0.05, 0.1) is 5.69 Å². The zero-order valence-corrected chi connectivity index (χ0v) is 17.9. The van der Waals surface area contributed by atoms with Gasteiger partial charge in [0.15, 0.2) is 11.7 Å². The highest BCUT2D eigenvalue weighted by Crippen LogP contribution is 2.32. The molecule has 4 rings (SSSR count). The average Bonchev–Trinajstić information content (AvgIpc) is 3.07. The van der Waals surface area contributed by atoms with E-state index in [4.69, 9.17) is 10.2 Å². The summed E-state index contributed by atoms with van der Waals surface area (Å²) in [4.78, 5) is 19.2. The Balaban J connectivity index is 0.00000150. The highest BCUT2D eigenvalue weighted by molar-refractivity contribution is 5.95. The molecule has 154 valence electrons. The van der Waals surface area contributed by atoms with Gasteiger partial charge in [-0.2, -0.15) is 0 Å². The maximum absolute atomic E-state index is 12.8. The van der Waals surface area contributed by atoms with Crippen LogP contribution in [0.25, 0.3) is 11.3 Å². The highest BCUT2D eigenvalue weighted by Gasteiger charge is 2.24. The molecule has 0 spiro atoms. The standard InChI is InChI=1S/C22H23N3O2.2ClH/c1-15-22(16-7-3-2-4-8-16)27-20(24-15)12-13-21(26)25-14-6-9-17-18(23)10-5-11-19(17)25;;/h2-5,7-8,10-11H,6,9,12-14,23H2,1H3;2*1H. The Kier molecular flexibility index (Phi) is 7.71. The second kappa shape index (κ2) is 9.81. The largest absolute Gasteiger partial charge is 0.440 e. The lowest BCUT2D eigenvalue weighted by Crippen LogP contribution is -2.35. The molecule has 2 aromatic carbocycles. The van der Waals surface area contributed by atoms with Gasteiger partial charge in [0, 0.05) is 36.3 Å². The van der Waals surface area contributed by atoms with Crippen molar-refractivity contribution in [3.8, 4) is 11.3 Å². The molecule has 1 aromatic heterocycles.